The van der Waals surface area contributed by atoms with E-state index in [2.05, 4.69) is 60.6 Å². The third kappa shape index (κ3) is 2.95. The van der Waals surface area contributed by atoms with E-state index < -0.39 is 29.7 Å². The lowest BCUT2D eigenvalue weighted by Gasteiger charge is -2.69. The van der Waals surface area contributed by atoms with Gasteiger partial charge in [-0.2, -0.15) is 0 Å². The second-order valence-electron chi connectivity index (χ2n) is 14.9. The summed E-state index contributed by atoms with van der Waals surface area (Å²) in [6, 6.07) is 0. The van der Waals surface area contributed by atoms with Crippen LogP contribution in [-0.2, 0) is 4.79 Å². The van der Waals surface area contributed by atoms with Gasteiger partial charge in [-0.3, -0.25) is 4.79 Å². The van der Waals surface area contributed by atoms with Gasteiger partial charge in [-0.25, -0.2) is 0 Å². The van der Waals surface area contributed by atoms with E-state index in [1.165, 1.54) is 5.57 Å². The van der Waals surface area contributed by atoms with E-state index >= 15 is 0 Å². The summed E-state index contributed by atoms with van der Waals surface area (Å²) in [7, 11) is 0. The van der Waals surface area contributed by atoms with Gasteiger partial charge >= 0.3 is 5.97 Å². The molecule has 5 heteroatoms. The van der Waals surface area contributed by atoms with E-state index in [1.807, 2.05) is 0 Å². The molecular weight excluding hydrogens is 440 g/mol. The molecule has 0 radical (unpaired) electrons. The Kier molecular flexibility index (Phi) is 5.26. The first-order chi connectivity index (χ1) is 16.0. The first-order valence-electron chi connectivity index (χ1n) is 13.7. The van der Waals surface area contributed by atoms with Gasteiger partial charge in [0.05, 0.1) is 23.7 Å². The van der Waals surface area contributed by atoms with Crippen molar-refractivity contribution in [3.8, 4) is 0 Å². The predicted molar refractivity (Wildman–Crippen MR) is 135 cm³/mol. The summed E-state index contributed by atoms with van der Waals surface area (Å²) in [5.74, 6) is -0.248. The van der Waals surface area contributed by atoms with Crippen LogP contribution in [0.3, 0.4) is 0 Å². The highest BCUT2D eigenvalue weighted by Crippen LogP contribution is 2.74. The van der Waals surface area contributed by atoms with Gasteiger partial charge in [-0.1, -0.05) is 60.6 Å². The number of hydrogen-bond donors (Lipinski definition) is 4. The molecule has 4 N–H and O–H groups in total. The van der Waals surface area contributed by atoms with E-state index in [0.29, 0.717) is 25.2 Å². The van der Waals surface area contributed by atoms with Crippen molar-refractivity contribution >= 4 is 5.97 Å². The fraction of sp³-hybridized carbons (Fsp3) is 0.833. The molecule has 196 valence electrons. The van der Waals surface area contributed by atoms with Gasteiger partial charge in [-0.15, -0.1) is 0 Å². The number of aliphatic hydroxyl groups excluding tert-OH is 3. The maximum Gasteiger partial charge on any atom is 0.313 e. The molecule has 0 bridgehead atoms. The zero-order valence-corrected chi connectivity index (χ0v) is 22.7. The Bertz CT molecular complexity index is 1010. The van der Waals surface area contributed by atoms with Crippen LogP contribution < -0.4 is 0 Å². The molecule has 0 unspecified atom stereocenters. The van der Waals surface area contributed by atoms with Gasteiger partial charge in [0.15, 0.2) is 0 Å². The molecule has 0 aliphatic heterocycles. The summed E-state index contributed by atoms with van der Waals surface area (Å²) in [6.45, 7) is 15.4. The second kappa shape index (κ2) is 7.23. The third-order valence-corrected chi connectivity index (χ3v) is 12.6. The zero-order chi connectivity index (χ0) is 26.0. The smallest absolute Gasteiger partial charge is 0.313 e. The van der Waals surface area contributed by atoms with Gasteiger partial charge in [0, 0.05) is 0 Å². The Labute approximate surface area is 210 Å². The zero-order valence-electron chi connectivity index (χ0n) is 22.7. The van der Waals surface area contributed by atoms with E-state index in [0.717, 1.165) is 24.8 Å². The summed E-state index contributed by atoms with van der Waals surface area (Å²) in [5, 5.41) is 43.2. The van der Waals surface area contributed by atoms with Crippen molar-refractivity contribution in [3.63, 3.8) is 0 Å². The highest BCUT2D eigenvalue weighted by molar-refractivity contribution is 5.80. The molecular formula is C30H46O5. The predicted octanol–water partition coefficient (Wildman–Crippen LogP) is 5.10. The molecule has 0 aromatic carbocycles. The van der Waals surface area contributed by atoms with Crippen LogP contribution in [-0.4, -0.2) is 44.7 Å². The number of fused-ring (bicyclic) bond motifs is 6. The van der Waals surface area contributed by atoms with Gasteiger partial charge in [0.1, 0.15) is 0 Å². The average molecular weight is 487 g/mol. The summed E-state index contributed by atoms with van der Waals surface area (Å²) in [5.41, 5.74) is 0.147. The van der Waals surface area contributed by atoms with E-state index in [-0.39, 0.29) is 39.4 Å². The van der Waals surface area contributed by atoms with Gasteiger partial charge in [-0.05, 0) is 95.0 Å². The minimum Gasteiger partial charge on any atom is -0.481 e. The van der Waals surface area contributed by atoms with Crippen LogP contribution in [0, 0.1) is 44.3 Å². The Morgan fingerprint density at radius 3 is 2.23 bits per heavy atom. The van der Waals surface area contributed by atoms with Crippen molar-refractivity contribution in [2.75, 3.05) is 0 Å². The quantitative estimate of drug-likeness (QED) is 0.414. The molecule has 5 aliphatic rings. The molecule has 0 heterocycles. The molecule has 0 spiro atoms. The third-order valence-electron chi connectivity index (χ3n) is 12.6. The van der Waals surface area contributed by atoms with Crippen molar-refractivity contribution in [3.05, 3.63) is 23.3 Å². The SMILES string of the molecule is CC1(C)CC2=C3C=C[C@@H]4[C@@]5(C)C[C@@H](O)[C@H](O)C(C)(C)[C@@H]5CC[C@@]4(C)[C@]3(C)CC[C@@]2(C(=O)O)C[C@@H]1O. The number of rotatable bonds is 1. The number of hydrogen-bond acceptors (Lipinski definition) is 4. The highest BCUT2D eigenvalue weighted by Gasteiger charge is 2.68. The molecule has 9 atom stereocenters. The van der Waals surface area contributed by atoms with Crippen molar-refractivity contribution < 1.29 is 25.2 Å². The Balaban J connectivity index is 1.69. The molecule has 0 aromatic heterocycles. The molecule has 5 rings (SSSR count). The molecule has 0 saturated heterocycles. The van der Waals surface area contributed by atoms with Crippen LogP contribution in [0.1, 0.15) is 93.4 Å². The number of carbonyl (C=O) groups is 1. The molecule has 35 heavy (non-hydrogen) atoms. The topological polar surface area (TPSA) is 98.0 Å². The maximum absolute atomic E-state index is 12.8. The lowest BCUT2D eigenvalue weighted by Crippen LogP contribution is -2.66. The maximum atomic E-state index is 12.8. The average Bonchev–Trinajstić information content (AvgIpc) is 2.73. The summed E-state index contributed by atoms with van der Waals surface area (Å²) < 4.78 is 0. The number of aliphatic carboxylic acids is 1. The monoisotopic (exact) mass is 486 g/mol. The molecule has 5 nitrogen and oxygen atoms in total. The van der Waals surface area contributed by atoms with Crippen molar-refractivity contribution in [2.24, 2.45) is 44.3 Å². The standard InChI is InChI=1S/C30H46O5/c1-25(2)14-18-17-8-9-21-27(5)15-19(31)23(33)26(3,4)20(27)10-11-29(21,7)28(17,6)12-13-30(18,24(34)35)16-22(25)32/h8-9,19-23,31-33H,10-16H2,1-7H3,(H,34,35)/t19-,20+,21-,22+,23+,27+,28-,29-,30-/m1/s1. The fourth-order valence-corrected chi connectivity index (χ4v) is 10.1. The summed E-state index contributed by atoms with van der Waals surface area (Å²) in [6.07, 6.45) is 7.36. The lowest BCUT2D eigenvalue weighted by atomic mass is 9.35. The molecule has 3 saturated carbocycles. The minimum atomic E-state index is -0.981. The Morgan fingerprint density at radius 2 is 1.60 bits per heavy atom. The van der Waals surface area contributed by atoms with Crippen LogP contribution in [0.25, 0.3) is 0 Å². The van der Waals surface area contributed by atoms with Crippen molar-refractivity contribution in [2.45, 2.75) is 112 Å². The van der Waals surface area contributed by atoms with Crippen molar-refractivity contribution in [1.29, 1.82) is 0 Å². The molecule has 0 amide bonds. The number of carboxylic acid groups (broad SMARTS) is 1. The number of allylic oxidation sites excluding steroid dienone is 3. The molecule has 0 aromatic rings. The lowest BCUT2D eigenvalue weighted by molar-refractivity contribution is -0.217. The first-order valence-corrected chi connectivity index (χ1v) is 13.7. The van der Waals surface area contributed by atoms with E-state index in [4.69, 9.17) is 0 Å². The van der Waals surface area contributed by atoms with Crippen LogP contribution in [0.5, 0.6) is 0 Å². The second-order valence-corrected chi connectivity index (χ2v) is 14.9. The molecule has 3 fully saturated rings. The Hall–Kier alpha value is -1.17. The largest absolute Gasteiger partial charge is 0.481 e. The number of aliphatic hydroxyl groups is 3. The molecule has 5 aliphatic carbocycles. The highest BCUT2D eigenvalue weighted by atomic mass is 16.4. The van der Waals surface area contributed by atoms with Crippen LogP contribution in [0.2, 0.25) is 0 Å². The number of carboxylic acids is 1. The van der Waals surface area contributed by atoms with Crippen LogP contribution in [0.15, 0.2) is 23.3 Å². The van der Waals surface area contributed by atoms with Crippen LogP contribution in [0.4, 0.5) is 0 Å². The van der Waals surface area contributed by atoms with Gasteiger partial charge < -0.3 is 20.4 Å². The first kappa shape index (κ1) is 25.5. The summed E-state index contributed by atoms with van der Waals surface area (Å²) in [4.78, 5) is 12.8. The normalized spacial score (nSPS) is 52.1. The van der Waals surface area contributed by atoms with Crippen LogP contribution >= 0.6 is 0 Å². The van der Waals surface area contributed by atoms with E-state index in [1.54, 1.807) is 0 Å². The Morgan fingerprint density at radius 1 is 0.943 bits per heavy atom. The van der Waals surface area contributed by atoms with Gasteiger partial charge in [0.2, 0.25) is 0 Å². The minimum absolute atomic E-state index is 0.0711. The van der Waals surface area contributed by atoms with E-state index in [9.17, 15) is 25.2 Å². The van der Waals surface area contributed by atoms with Gasteiger partial charge in [0.25, 0.3) is 0 Å². The van der Waals surface area contributed by atoms with Crippen molar-refractivity contribution in [1.82, 2.24) is 0 Å². The summed E-state index contributed by atoms with van der Waals surface area (Å²) >= 11 is 0. The fourth-order valence-electron chi connectivity index (χ4n) is 10.1.